The molecule has 0 saturated heterocycles. The molecule has 2 aromatic rings. The Morgan fingerprint density at radius 3 is 2.63 bits per heavy atom. The number of amides is 1. The number of benzene rings is 2. The van der Waals surface area contributed by atoms with Crippen LogP contribution in [0.4, 0.5) is 5.69 Å². The van der Waals surface area contributed by atoms with E-state index in [1.807, 2.05) is 0 Å². The van der Waals surface area contributed by atoms with E-state index in [0.717, 1.165) is 15.4 Å². The van der Waals surface area contributed by atoms with Crippen molar-refractivity contribution in [1.29, 1.82) is 0 Å². The second-order valence-corrected chi connectivity index (χ2v) is 8.95. The summed E-state index contributed by atoms with van der Waals surface area (Å²) in [4.78, 5) is 12.8. The molecule has 1 aliphatic rings. The Labute approximate surface area is 163 Å². The molecule has 8 heteroatoms. The average Bonchev–Trinajstić information content (AvgIpc) is 2.62. The van der Waals surface area contributed by atoms with Crippen molar-refractivity contribution in [2.45, 2.75) is 11.8 Å². The lowest BCUT2D eigenvalue weighted by molar-refractivity contribution is -0.113. The van der Waals surface area contributed by atoms with Crippen LogP contribution in [-0.2, 0) is 14.8 Å². The van der Waals surface area contributed by atoms with Crippen LogP contribution in [0.5, 0.6) is 5.75 Å². The molecule has 0 aromatic heterocycles. The molecule has 0 unspecified atom stereocenters. The van der Waals surface area contributed by atoms with Gasteiger partial charge in [-0.15, -0.1) is 0 Å². The zero-order valence-corrected chi connectivity index (χ0v) is 16.7. The van der Waals surface area contributed by atoms with Crippen LogP contribution in [0.1, 0.15) is 11.1 Å². The molecule has 3 rings (SSSR count). The highest BCUT2D eigenvalue weighted by Crippen LogP contribution is 2.30. The zero-order valence-electron chi connectivity index (χ0n) is 15.1. The van der Waals surface area contributed by atoms with Gasteiger partial charge in [0.15, 0.2) is 0 Å². The summed E-state index contributed by atoms with van der Waals surface area (Å²) < 4.78 is 31.4. The molecular formula is C19H19ClN2O4S. The van der Waals surface area contributed by atoms with Crippen molar-refractivity contribution in [2.75, 3.05) is 26.0 Å². The van der Waals surface area contributed by atoms with Crippen molar-refractivity contribution in [3.8, 4) is 5.75 Å². The Balaban J connectivity index is 1.89. The SMILES string of the molecule is Cc1ccc(S(=O)(=O)N(C)C)cc1NC(=O)C1=Cc2cc(Cl)ccc2OC1. The van der Waals surface area contributed by atoms with E-state index in [1.54, 1.807) is 37.3 Å². The quantitative estimate of drug-likeness (QED) is 0.845. The van der Waals surface area contributed by atoms with Gasteiger partial charge in [0.05, 0.1) is 10.5 Å². The van der Waals surface area contributed by atoms with E-state index in [4.69, 9.17) is 16.3 Å². The second kappa shape index (κ2) is 7.34. The number of hydrogen-bond donors (Lipinski definition) is 1. The van der Waals surface area contributed by atoms with Crippen LogP contribution in [0.15, 0.2) is 46.9 Å². The number of fused-ring (bicyclic) bond motifs is 1. The van der Waals surface area contributed by atoms with Crippen LogP contribution in [0, 0.1) is 6.92 Å². The molecule has 1 amide bonds. The molecule has 0 spiro atoms. The summed E-state index contributed by atoms with van der Waals surface area (Å²) in [5.74, 6) is 0.300. The van der Waals surface area contributed by atoms with Crippen LogP contribution in [-0.4, -0.2) is 39.3 Å². The fourth-order valence-electron chi connectivity index (χ4n) is 2.59. The lowest BCUT2D eigenvalue weighted by Gasteiger charge is -2.19. The number of sulfonamides is 1. The van der Waals surface area contributed by atoms with Gasteiger partial charge in [-0.05, 0) is 48.9 Å². The number of hydrogen-bond acceptors (Lipinski definition) is 4. The van der Waals surface area contributed by atoms with Gasteiger partial charge in [0.1, 0.15) is 12.4 Å². The number of rotatable bonds is 4. The minimum atomic E-state index is -3.59. The highest BCUT2D eigenvalue weighted by Gasteiger charge is 2.21. The van der Waals surface area contributed by atoms with Gasteiger partial charge in [-0.1, -0.05) is 17.7 Å². The second-order valence-electron chi connectivity index (χ2n) is 6.36. The number of carbonyl (C=O) groups excluding carboxylic acids is 1. The molecule has 1 aliphatic heterocycles. The van der Waals surface area contributed by atoms with E-state index >= 15 is 0 Å². The molecule has 6 nitrogen and oxygen atoms in total. The van der Waals surface area contributed by atoms with Gasteiger partial charge in [0.25, 0.3) is 5.91 Å². The third-order valence-corrected chi connectivity index (χ3v) is 6.26. The van der Waals surface area contributed by atoms with Crippen molar-refractivity contribution < 1.29 is 17.9 Å². The lowest BCUT2D eigenvalue weighted by atomic mass is 10.1. The maximum absolute atomic E-state index is 12.7. The molecule has 0 fully saturated rings. The van der Waals surface area contributed by atoms with Crippen molar-refractivity contribution in [3.05, 3.63) is 58.1 Å². The summed E-state index contributed by atoms with van der Waals surface area (Å²) >= 11 is 5.99. The third-order valence-electron chi connectivity index (χ3n) is 4.21. The van der Waals surface area contributed by atoms with Gasteiger partial charge < -0.3 is 10.1 Å². The number of nitrogens with one attached hydrogen (secondary N) is 1. The number of halogens is 1. The average molecular weight is 407 g/mol. The standard InChI is InChI=1S/C19H19ClN2O4S/c1-12-4-6-16(27(24,25)22(2)3)10-17(12)21-19(23)14-8-13-9-15(20)5-7-18(13)26-11-14/h4-10H,11H2,1-3H3,(H,21,23). The first-order valence-corrected chi connectivity index (χ1v) is 9.98. The van der Waals surface area contributed by atoms with E-state index in [2.05, 4.69) is 5.32 Å². The topological polar surface area (TPSA) is 75.7 Å². The molecule has 1 heterocycles. The first-order valence-electron chi connectivity index (χ1n) is 8.16. The molecule has 27 heavy (non-hydrogen) atoms. The largest absolute Gasteiger partial charge is 0.488 e. The Morgan fingerprint density at radius 2 is 1.93 bits per heavy atom. The minimum absolute atomic E-state index is 0.111. The van der Waals surface area contributed by atoms with E-state index in [9.17, 15) is 13.2 Å². The normalized spacial score (nSPS) is 13.6. The maximum atomic E-state index is 12.7. The number of aryl methyl sites for hydroxylation is 1. The molecule has 142 valence electrons. The lowest BCUT2D eigenvalue weighted by Crippen LogP contribution is -2.23. The van der Waals surface area contributed by atoms with Crippen LogP contribution in [0.2, 0.25) is 5.02 Å². The Hall–Kier alpha value is -2.35. The highest BCUT2D eigenvalue weighted by molar-refractivity contribution is 7.89. The number of ether oxygens (including phenoxy) is 1. The van der Waals surface area contributed by atoms with Gasteiger partial charge >= 0.3 is 0 Å². The van der Waals surface area contributed by atoms with Crippen LogP contribution < -0.4 is 10.1 Å². The third kappa shape index (κ3) is 4.00. The van der Waals surface area contributed by atoms with Gasteiger partial charge in [0, 0.05) is 30.4 Å². The van der Waals surface area contributed by atoms with Gasteiger partial charge in [-0.25, -0.2) is 12.7 Å². The molecular weight excluding hydrogens is 388 g/mol. The summed E-state index contributed by atoms with van der Waals surface area (Å²) in [5.41, 5.74) is 2.33. The molecule has 0 saturated carbocycles. The summed E-state index contributed by atoms with van der Waals surface area (Å²) in [6.45, 7) is 1.91. The number of nitrogens with zero attached hydrogens (tertiary/aromatic N) is 1. The fraction of sp³-hybridized carbons (Fsp3) is 0.211. The van der Waals surface area contributed by atoms with E-state index in [0.29, 0.717) is 22.0 Å². The molecule has 0 bridgehead atoms. The summed E-state index contributed by atoms with van der Waals surface area (Å²) in [5, 5.41) is 3.32. The maximum Gasteiger partial charge on any atom is 0.255 e. The number of anilines is 1. The van der Waals surface area contributed by atoms with Crippen molar-refractivity contribution in [3.63, 3.8) is 0 Å². The molecule has 2 aromatic carbocycles. The smallest absolute Gasteiger partial charge is 0.255 e. The molecule has 0 radical (unpaired) electrons. The minimum Gasteiger partial charge on any atom is -0.488 e. The van der Waals surface area contributed by atoms with Gasteiger partial charge in [0.2, 0.25) is 10.0 Å². The van der Waals surface area contributed by atoms with Crippen molar-refractivity contribution in [2.24, 2.45) is 0 Å². The predicted molar refractivity (Wildman–Crippen MR) is 106 cm³/mol. The van der Waals surface area contributed by atoms with Crippen molar-refractivity contribution >= 4 is 39.3 Å². The molecule has 1 N–H and O–H groups in total. The van der Waals surface area contributed by atoms with Crippen molar-refractivity contribution in [1.82, 2.24) is 4.31 Å². The van der Waals surface area contributed by atoms with Crippen LogP contribution >= 0.6 is 11.6 Å². The first-order chi connectivity index (χ1) is 12.7. The molecule has 0 aliphatic carbocycles. The Bertz CT molecular complexity index is 1050. The molecule has 0 atom stereocenters. The van der Waals surface area contributed by atoms with E-state index in [-0.39, 0.29) is 17.4 Å². The summed E-state index contributed by atoms with van der Waals surface area (Å²) in [6.07, 6.45) is 1.72. The van der Waals surface area contributed by atoms with Crippen LogP contribution in [0.25, 0.3) is 6.08 Å². The van der Waals surface area contributed by atoms with E-state index in [1.165, 1.54) is 26.2 Å². The number of carbonyl (C=O) groups is 1. The predicted octanol–water partition coefficient (Wildman–Crippen LogP) is 3.31. The summed E-state index contributed by atoms with van der Waals surface area (Å²) in [7, 11) is -0.676. The monoisotopic (exact) mass is 406 g/mol. The van der Waals surface area contributed by atoms with Gasteiger partial charge in [-0.3, -0.25) is 4.79 Å². The first kappa shape index (κ1) is 19.4. The Morgan fingerprint density at radius 1 is 1.19 bits per heavy atom. The van der Waals surface area contributed by atoms with Crippen LogP contribution in [0.3, 0.4) is 0 Å². The zero-order chi connectivity index (χ0) is 19.8. The summed E-state index contributed by atoms with van der Waals surface area (Å²) in [6, 6.07) is 9.83. The van der Waals surface area contributed by atoms with E-state index < -0.39 is 10.0 Å². The Kier molecular flexibility index (Phi) is 5.28. The van der Waals surface area contributed by atoms with Gasteiger partial charge in [-0.2, -0.15) is 0 Å². The fourth-order valence-corrected chi connectivity index (χ4v) is 3.70. The highest BCUT2D eigenvalue weighted by atomic mass is 35.5.